The summed E-state index contributed by atoms with van der Waals surface area (Å²) in [6, 6.07) is 13.6. The largest absolute Gasteiger partial charge is 0.454 e. The van der Waals surface area contributed by atoms with E-state index in [2.05, 4.69) is 16.0 Å². The highest BCUT2D eigenvalue weighted by Crippen LogP contribution is 2.32. The molecule has 3 rings (SSSR count). The van der Waals surface area contributed by atoms with Crippen LogP contribution in [0, 0.1) is 0 Å². The molecule has 1 heterocycles. The van der Waals surface area contributed by atoms with Gasteiger partial charge in [-0.25, -0.2) is 4.79 Å². The van der Waals surface area contributed by atoms with Gasteiger partial charge in [-0.1, -0.05) is 36.4 Å². The van der Waals surface area contributed by atoms with E-state index in [1.165, 1.54) is 7.05 Å². The van der Waals surface area contributed by atoms with Crippen molar-refractivity contribution in [3.63, 3.8) is 0 Å². The Morgan fingerprint density at radius 2 is 1.84 bits per heavy atom. The van der Waals surface area contributed by atoms with Crippen molar-refractivity contribution < 1.29 is 19.1 Å². The van der Waals surface area contributed by atoms with Crippen LogP contribution in [0.2, 0.25) is 0 Å². The van der Waals surface area contributed by atoms with Crippen LogP contribution in [-0.4, -0.2) is 25.8 Å². The molecule has 25 heavy (non-hydrogen) atoms. The first-order valence-corrected chi connectivity index (χ1v) is 7.87. The standard InChI is InChI=1S/C18H19N3O4/c1-19-18(23)21-17(22)16(13-5-3-2-4-6-13)20-10-12-7-8-14-15(9-12)25-11-24-14/h2-9,16,20H,10-11H2,1H3,(H2,19,21,22,23). The molecular weight excluding hydrogens is 322 g/mol. The average molecular weight is 341 g/mol. The molecule has 1 aliphatic heterocycles. The van der Waals surface area contributed by atoms with E-state index >= 15 is 0 Å². The van der Waals surface area contributed by atoms with Crippen molar-refractivity contribution in [1.82, 2.24) is 16.0 Å². The van der Waals surface area contributed by atoms with Crippen LogP contribution in [0.3, 0.4) is 0 Å². The van der Waals surface area contributed by atoms with Crippen LogP contribution in [-0.2, 0) is 11.3 Å². The molecule has 0 saturated heterocycles. The molecule has 0 aromatic heterocycles. The molecule has 1 unspecified atom stereocenters. The van der Waals surface area contributed by atoms with Crippen molar-refractivity contribution in [2.45, 2.75) is 12.6 Å². The molecule has 7 heteroatoms. The van der Waals surface area contributed by atoms with Gasteiger partial charge in [0.05, 0.1) is 0 Å². The Morgan fingerprint density at radius 1 is 1.08 bits per heavy atom. The van der Waals surface area contributed by atoms with Crippen LogP contribution in [0.15, 0.2) is 48.5 Å². The Labute approximate surface area is 145 Å². The van der Waals surface area contributed by atoms with E-state index in [0.717, 1.165) is 11.1 Å². The van der Waals surface area contributed by atoms with E-state index < -0.39 is 18.0 Å². The minimum atomic E-state index is -0.663. The summed E-state index contributed by atoms with van der Waals surface area (Å²) in [5, 5.41) is 7.87. The molecule has 2 aromatic carbocycles. The third kappa shape index (κ3) is 4.07. The number of hydrogen-bond acceptors (Lipinski definition) is 5. The van der Waals surface area contributed by atoms with E-state index in [1.54, 1.807) is 0 Å². The maximum Gasteiger partial charge on any atom is 0.321 e. The zero-order chi connectivity index (χ0) is 17.6. The Morgan fingerprint density at radius 3 is 2.60 bits per heavy atom. The number of fused-ring (bicyclic) bond motifs is 1. The van der Waals surface area contributed by atoms with E-state index in [1.807, 2.05) is 48.5 Å². The van der Waals surface area contributed by atoms with E-state index in [4.69, 9.17) is 9.47 Å². The average Bonchev–Trinajstić information content (AvgIpc) is 3.10. The number of hydrogen-bond donors (Lipinski definition) is 3. The van der Waals surface area contributed by atoms with Crippen molar-refractivity contribution in [2.24, 2.45) is 0 Å². The van der Waals surface area contributed by atoms with Gasteiger partial charge in [-0.05, 0) is 23.3 Å². The van der Waals surface area contributed by atoms with Crippen LogP contribution in [0.25, 0.3) is 0 Å². The fourth-order valence-corrected chi connectivity index (χ4v) is 2.52. The van der Waals surface area contributed by atoms with Gasteiger partial charge in [0.2, 0.25) is 12.7 Å². The first kappa shape index (κ1) is 16.8. The fourth-order valence-electron chi connectivity index (χ4n) is 2.52. The highest BCUT2D eigenvalue weighted by molar-refractivity contribution is 5.97. The van der Waals surface area contributed by atoms with Crippen LogP contribution in [0.5, 0.6) is 11.5 Å². The smallest absolute Gasteiger partial charge is 0.321 e. The molecule has 1 aliphatic rings. The molecule has 3 amide bonds. The molecule has 0 spiro atoms. The highest BCUT2D eigenvalue weighted by Gasteiger charge is 2.22. The minimum absolute atomic E-state index is 0.216. The summed E-state index contributed by atoms with van der Waals surface area (Å²) in [5.41, 5.74) is 1.71. The maximum atomic E-state index is 12.4. The van der Waals surface area contributed by atoms with Gasteiger partial charge in [0, 0.05) is 13.6 Å². The van der Waals surface area contributed by atoms with Gasteiger partial charge < -0.3 is 14.8 Å². The number of rotatable bonds is 5. The van der Waals surface area contributed by atoms with Gasteiger partial charge in [0.1, 0.15) is 6.04 Å². The predicted octanol–water partition coefficient (Wildman–Crippen LogP) is 1.70. The molecule has 0 aliphatic carbocycles. The molecule has 1 atom stereocenters. The van der Waals surface area contributed by atoms with Crippen molar-refractivity contribution >= 4 is 11.9 Å². The van der Waals surface area contributed by atoms with Crippen LogP contribution >= 0.6 is 0 Å². The first-order chi connectivity index (χ1) is 12.2. The Bertz CT molecular complexity index is 764. The second kappa shape index (κ2) is 7.67. The van der Waals surface area contributed by atoms with Gasteiger partial charge >= 0.3 is 6.03 Å². The summed E-state index contributed by atoms with van der Waals surface area (Å²) in [5.74, 6) is 0.970. The molecular formula is C18H19N3O4. The zero-order valence-electron chi connectivity index (χ0n) is 13.7. The van der Waals surface area contributed by atoms with Crippen molar-refractivity contribution in [2.75, 3.05) is 13.8 Å². The molecule has 0 saturated carbocycles. The maximum absolute atomic E-state index is 12.4. The summed E-state index contributed by atoms with van der Waals surface area (Å²) in [6.07, 6.45) is 0. The number of ether oxygens (including phenoxy) is 2. The summed E-state index contributed by atoms with van der Waals surface area (Å²) in [6.45, 7) is 0.644. The number of benzene rings is 2. The van der Waals surface area contributed by atoms with Crippen LogP contribution in [0.1, 0.15) is 17.2 Å². The second-order valence-electron chi connectivity index (χ2n) is 5.48. The Hall–Kier alpha value is -3.06. The molecule has 3 N–H and O–H groups in total. The second-order valence-corrected chi connectivity index (χ2v) is 5.48. The summed E-state index contributed by atoms with van der Waals surface area (Å²) in [7, 11) is 1.46. The monoisotopic (exact) mass is 341 g/mol. The van der Waals surface area contributed by atoms with Crippen molar-refractivity contribution in [3.8, 4) is 11.5 Å². The molecule has 2 aromatic rings. The lowest BCUT2D eigenvalue weighted by molar-refractivity contribution is -0.122. The van der Waals surface area contributed by atoms with E-state index in [0.29, 0.717) is 18.0 Å². The first-order valence-electron chi connectivity index (χ1n) is 7.87. The Kier molecular flexibility index (Phi) is 5.15. The summed E-state index contributed by atoms with van der Waals surface area (Å²) in [4.78, 5) is 23.9. The van der Waals surface area contributed by atoms with Gasteiger partial charge in [-0.3, -0.25) is 15.4 Å². The van der Waals surface area contributed by atoms with Gasteiger partial charge in [0.15, 0.2) is 11.5 Å². The highest BCUT2D eigenvalue weighted by atomic mass is 16.7. The van der Waals surface area contributed by atoms with Crippen molar-refractivity contribution in [3.05, 3.63) is 59.7 Å². The summed E-state index contributed by atoms with van der Waals surface area (Å²) < 4.78 is 10.7. The molecule has 130 valence electrons. The predicted molar refractivity (Wildman–Crippen MR) is 91.2 cm³/mol. The molecule has 0 bridgehead atoms. The van der Waals surface area contributed by atoms with Crippen molar-refractivity contribution in [1.29, 1.82) is 0 Å². The van der Waals surface area contributed by atoms with E-state index in [-0.39, 0.29) is 6.79 Å². The molecule has 0 radical (unpaired) electrons. The number of carbonyl (C=O) groups excluding carboxylic acids is 2. The number of amides is 3. The van der Waals surface area contributed by atoms with Crippen LogP contribution < -0.4 is 25.4 Å². The molecule has 7 nitrogen and oxygen atoms in total. The quantitative estimate of drug-likeness (QED) is 0.770. The zero-order valence-corrected chi connectivity index (χ0v) is 13.7. The van der Waals surface area contributed by atoms with Gasteiger partial charge in [-0.2, -0.15) is 0 Å². The normalized spacial score (nSPS) is 13.2. The molecule has 0 fully saturated rings. The van der Waals surface area contributed by atoms with Gasteiger partial charge in [-0.15, -0.1) is 0 Å². The lowest BCUT2D eigenvalue weighted by atomic mass is 10.1. The van der Waals surface area contributed by atoms with Crippen LogP contribution in [0.4, 0.5) is 4.79 Å². The third-order valence-corrected chi connectivity index (χ3v) is 3.81. The van der Waals surface area contributed by atoms with E-state index in [9.17, 15) is 9.59 Å². The number of nitrogens with one attached hydrogen (secondary N) is 3. The lowest BCUT2D eigenvalue weighted by Crippen LogP contribution is -2.43. The number of urea groups is 1. The fraction of sp³-hybridized carbons (Fsp3) is 0.222. The topological polar surface area (TPSA) is 88.7 Å². The SMILES string of the molecule is CNC(=O)NC(=O)C(NCc1ccc2c(c1)OCO2)c1ccccc1. The number of carbonyl (C=O) groups is 2. The Balaban J connectivity index is 1.73. The number of imide groups is 1. The minimum Gasteiger partial charge on any atom is -0.454 e. The van der Waals surface area contributed by atoms with Gasteiger partial charge in [0.25, 0.3) is 0 Å². The lowest BCUT2D eigenvalue weighted by Gasteiger charge is -2.18. The summed E-state index contributed by atoms with van der Waals surface area (Å²) >= 11 is 0. The third-order valence-electron chi connectivity index (χ3n) is 3.81.